The van der Waals surface area contributed by atoms with Crippen molar-refractivity contribution in [1.82, 2.24) is 0 Å². The van der Waals surface area contributed by atoms with E-state index >= 15 is 0 Å². The van der Waals surface area contributed by atoms with E-state index in [1.165, 1.54) is 13.5 Å². The van der Waals surface area contributed by atoms with Crippen molar-refractivity contribution in [3.8, 4) is 0 Å². The van der Waals surface area contributed by atoms with Crippen molar-refractivity contribution in [1.29, 1.82) is 0 Å². The van der Waals surface area contributed by atoms with Gasteiger partial charge in [-0.2, -0.15) is 0 Å². The summed E-state index contributed by atoms with van der Waals surface area (Å²) in [6, 6.07) is 0. The van der Waals surface area contributed by atoms with Crippen LogP contribution in [-0.2, 0) is 9.30 Å². The third-order valence-corrected chi connectivity index (χ3v) is 3.85. The van der Waals surface area contributed by atoms with E-state index in [1.807, 2.05) is 0 Å². The lowest BCUT2D eigenvalue weighted by Crippen LogP contribution is -2.16. The first-order valence-electron chi connectivity index (χ1n) is 3.94. The highest BCUT2D eigenvalue weighted by Gasteiger charge is 2.27. The monoisotopic (exact) mass is 178 g/mol. The van der Waals surface area contributed by atoms with E-state index in [0.29, 0.717) is 12.1 Å². The summed E-state index contributed by atoms with van der Waals surface area (Å²) in [5.41, 5.74) is 0. The summed E-state index contributed by atoms with van der Waals surface area (Å²) < 4.78 is 15.9. The van der Waals surface area contributed by atoms with Gasteiger partial charge in [0.25, 0.3) is 0 Å². The highest BCUT2D eigenvalue weighted by atomic mass is 31.2. The Hall–Kier alpha value is 0.150. The Kier molecular flexibility index (Phi) is 3.11. The van der Waals surface area contributed by atoms with Gasteiger partial charge in [-0.3, -0.25) is 4.57 Å². The van der Waals surface area contributed by atoms with Crippen molar-refractivity contribution in [3.63, 3.8) is 0 Å². The van der Waals surface area contributed by atoms with Crippen LogP contribution in [0.15, 0.2) is 0 Å². The lowest BCUT2D eigenvalue weighted by molar-refractivity contribution is 0.233. The minimum Gasteiger partial charge on any atom is -0.375 e. The number of ether oxygens (including phenoxy) is 1. The summed E-state index contributed by atoms with van der Waals surface area (Å²) >= 11 is 0. The molecule has 0 spiro atoms. The van der Waals surface area contributed by atoms with E-state index in [0.717, 1.165) is 12.8 Å². The molecule has 3 nitrogen and oxygen atoms in total. The van der Waals surface area contributed by atoms with Gasteiger partial charge in [0.05, 0.1) is 0 Å². The van der Waals surface area contributed by atoms with E-state index in [-0.39, 0.29) is 6.35 Å². The summed E-state index contributed by atoms with van der Waals surface area (Å²) in [4.78, 5) is 9.28. The van der Waals surface area contributed by atoms with Crippen molar-refractivity contribution in [2.75, 3.05) is 19.6 Å². The van der Waals surface area contributed by atoms with Crippen LogP contribution in [0.1, 0.15) is 19.3 Å². The van der Waals surface area contributed by atoms with Crippen LogP contribution in [-0.4, -0.2) is 24.5 Å². The van der Waals surface area contributed by atoms with Gasteiger partial charge in [0, 0.05) is 13.3 Å². The van der Waals surface area contributed by atoms with Crippen LogP contribution in [0.4, 0.5) is 0 Å². The van der Waals surface area contributed by atoms with Gasteiger partial charge in [0.1, 0.15) is 6.35 Å². The Labute approximate surface area is 67.2 Å². The molecule has 1 rings (SSSR count). The zero-order chi connectivity index (χ0) is 8.32. The van der Waals surface area contributed by atoms with Crippen molar-refractivity contribution in [2.45, 2.75) is 19.3 Å². The second kappa shape index (κ2) is 3.70. The Morgan fingerprint density at radius 2 is 2.27 bits per heavy atom. The van der Waals surface area contributed by atoms with Crippen LogP contribution in [0.25, 0.3) is 0 Å². The number of rotatable bonds is 4. The predicted octanol–water partition coefficient (Wildman–Crippen LogP) is 1.66. The van der Waals surface area contributed by atoms with Crippen molar-refractivity contribution in [3.05, 3.63) is 0 Å². The van der Waals surface area contributed by atoms with Gasteiger partial charge in [-0.25, -0.2) is 0 Å². The average molecular weight is 178 g/mol. The van der Waals surface area contributed by atoms with Gasteiger partial charge in [-0.05, 0) is 18.8 Å². The molecule has 1 unspecified atom stereocenters. The highest BCUT2D eigenvalue weighted by molar-refractivity contribution is 7.57. The maximum Gasteiger partial charge on any atom is 0.225 e. The Morgan fingerprint density at radius 1 is 1.64 bits per heavy atom. The summed E-state index contributed by atoms with van der Waals surface area (Å²) in [7, 11) is -1.47. The second-order valence-electron chi connectivity index (χ2n) is 3.24. The maximum absolute atomic E-state index is 11.2. The molecule has 0 heterocycles. The fourth-order valence-corrected chi connectivity index (χ4v) is 3.01. The zero-order valence-electron chi connectivity index (χ0n) is 6.82. The lowest BCUT2D eigenvalue weighted by atomic mass is 9.87. The quantitative estimate of drug-likeness (QED) is 0.666. The standard InChI is InChI=1S/C7H15O3P/c1-10-6-11(8,9)5-7-3-2-4-7/h7H,2-6H2,1H3,(H,8,9). The minimum atomic E-state index is -2.94. The first-order valence-corrected chi connectivity index (χ1v) is 5.97. The topological polar surface area (TPSA) is 46.5 Å². The molecule has 1 aliphatic carbocycles. The fourth-order valence-electron chi connectivity index (χ4n) is 1.33. The summed E-state index contributed by atoms with van der Waals surface area (Å²) in [5, 5.41) is 0. The highest BCUT2D eigenvalue weighted by Crippen LogP contribution is 2.46. The van der Waals surface area contributed by atoms with E-state index < -0.39 is 7.37 Å². The van der Waals surface area contributed by atoms with Crippen LogP contribution in [0.3, 0.4) is 0 Å². The lowest BCUT2D eigenvalue weighted by Gasteiger charge is -2.26. The number of hydrogen-bond donors (Lipinski definition) is 1. The fraction of sp³-hybridized carbons (Fsp3) is 1.00. The Morgan fingerprint density at radius 3 is 2.64 bits per heavy atom. The zero-order valence-corrected chi connectivity index (χ0v) is 7.72. The maximum atomic E-state index is 11.2. The largest absolute Gasteiger partial charge is 0.375 e. The molecule has 1 N–H and O–H groups in total. The van der Waals surface area contributed by atoms with Crippen LogP contribution >= 0.6 is 7.37 Å². The number of methoxy groups -OCH3 is 1. The molecule has 0 radical (unpaired) electrons. The van der Waals surface area contributed by atoms with Crippen LogP contribution in [0.5, 0.6) is 0 Å². The molecule has 1 atom stereocenters. The van der Waals surface area contributed by atoms with Gasteiger partial charge in [0.15, 0.2) is 0 Å². The van der Waals surface area contributed by atoms with Crippen LogP contribution in [0.2, 0.25) is 0 Å². The summed E-state index contributed by atoms with van der Waals surface area (Å²) in [6.07, 6.45) is 3.94. The third kappa shape index (κ3) is 2.94. The molecule has 0 aliphatic heterocycles. The van der Waals surface area contributed by atoms with E-state index in [9.17, 15) is 9.46 Å². The molecule has 0 amide bonds. The first-order chi connectivity index (χ1) is 5.14. The van der Waals surface area contributed by atoms with E-state index in [4.69, 9.17) is 0 Å². The van der Waals surface area contributed by atoms with E-state index in [2.05, 4.69) is 4.74 Å². The summed E-state index contributed by atoms with van der Waals surface area (Å²) in [6.45, 7) is 0. The van der Waals surface area contributed by atoms with Gasteiger partial charge < -0.3 is 9.63 Å². The molecule has 1 saturated carbocycles. The molecular formula is C7H15O3P. The molecule has 66 valence electrons. The average Bonchev–Trinajstić information content (AvgIpc) is 1.79. The predicted molar refractivity (Wildman–Crippen MR) is 43.9 cm³/mol. The van der Waals surface area contributed by atoms with Crippen molar-refractivity contribution < 1.29 is 14.2 Å². The normalized spacial score (nSPS) is 24.2. The summed E-state index contributed by atoms with van der Waals surface area (Å²) in [5.74, 6) is 0.487. The molecule has 0 aromatic carbocycles. The van der Waals surface area contributed by atoms with Crippen molar-refractivity contribution >= 4 is 7.37 Å². The molecule has 1 aliphatic rings. The molecule has 0 aromatic heterocycles. The molecule has 0 saturated heterocycles. The van der Waals surface area contributed by atoms with Gasteiger partial charge in [0.2, 0.25) is 7.37 Å². The SMILES string of the molecule is COCP(=O)(O)CC1CCC1. The van der Waals surface area contributed by atoms with Crippen LogP contribution < -0.4 is 0 Å². The van der Waals surface area contributed by atoms with Gasteiger partial charge in [-0.15, -0.1) is 0 Å². The molecule has 11 heavy (non-hydrogen) atoms. The van der Waals surface area contributed by atoms with Crippen molar-refractivity contribution in [2.24, 2.45) is 5.92 Å². The van der Waals surface area contributed by atoms with Gasteiger partial charge >= 0.3 is 0 Å². The van der Waals surface area contributed by atoms with Crippen LogP contribution in [0, 0.1) is 5.92 Å². The molecule has 0 bridgehead atoms. The second-order valence-corrected chi connectivity index (χ2v) is 5.56. The molecule has 0 aromatic rings. The number of hydrogen-bond acceptors (Lipinski definition) is 2. The first kappa shape index (κ1) is 9.24. The van der Waals surface area contributed by atoms with E-state index in [1.54, 1.807) is 0 Å². The smallest absolute Gasteiger partial charge is 0.225 e. The molecular weight excluding hydrogens is 163 g/mol. The minimum absolute atomic E-state index is 0.0174. The Bertz CT molecular complexity index is 165. The molecule has 4 heteroatoms. The molecule has 1 fully saturated rings. The Balaban J connectivity index is 2.26. The van der Waals surface area contributed by atoms with Gasteiger partial charge in [-0.1, -0.05) is 6.42 Å². The third-order valence-electron chi connectivity index (χ3n) is 2.10.